The van der Waals surface area contributed by atoms with Gasteiger partial charge in [-0.1, -0.05) is 30.3 Å². The van der Waals surface area contributed by atoms with E-state index in [4.69, 9.17) is 4.42 Å². The molecule has 2 aromatic carbocycles. The lowest BCUT2D eigenvalue weighted by Gasteiger charge is -1.99. The van der Waals surface area contributed by atoms with E-state index in [-0.39, 0.29) is 11.5 Å². The van der Waals surface area contributed by atoms with Crippen LogP contribution in [0.4, 0.5) is 0 Å². The topological polar surface area (TPSA) is 92.0 Å². The van der Waals surface area contributed by atoms with Gasteiger partial charge < -0.3 is 14.5 Å². The number of hydrogen-bond donors (Lipinski definition) is 2. The average Bonchev–Trinajstić information content (AvgIpc) is 3.21. The molecule has 4 aromatic rings. The molecule has 2 heterocycles. The fraction of sp³-hybridized carbons (Fsp3) is 0. The summed E-state index contributed by atoms with van der Waals surface area (Å²) in [7, 11) is 0. The third-order valence-corrected chi connectivity index (χ3v) is 3.57. The minimum atomic E-state index is -1.04. The summed E-state index contributed by atoms with van der Waals surface area (Å²) in [6, 6.07) is 16.3. The van der Waals surface area contributed by atoms with Crippen molar-refractivity contribution < 1.29 is 14.3 Å². The van der Waals surface area contributed by atoms with E-state index in [1.165, 1.54) is 6.07 Å². The van der Waals surface area contributed by atoms with Crippen molar-refractivity contribution in [1.82, 2.24) is 15.2 Å². The first-order chi connectivity index (χ1) is 11.2. The van der Waals surface area contributed by atoms with Gasteiger partial charge in [-0.25, -0.2) is 4.79 Å². The molecule has 0 spiro atoms. The first-order valence-electron chi connectivity index (χ1n) is 6.97. The van der Waals surface area contributed by atoms with E-state index in [0.717, 1.165) is 10.9 Å². The van der Waals surface area contributed by atoms with E-state index in [1.807, 2.05) is 30.3 Å². The Morgan fingerprint density at radius 3 is 2.57 bits per heavy atom. The van der Waals surface area contributed by atoms with Crippen LogP contribution in [0.3, 0.4) is 0 Å². The van der Waals surface area contributed by atoms with Gasteiger partial charge in [-0.05, 0) is 24.3 Å². The van der Waals surface area contributed by atoms with Gasteiger partial charge in [-0.15, -0.1) is 10.2 Å². The van der Waals surface area contributed by atoms with Crippen LogP contribution < -0.4 is 0 Å². The normalized spacial score (nSPS) is 11.0. The molecule has 23 heavy (non-hydrogen) atoms. The lowest BCUT2D eigenvalue weighted by molar-refractivity contribution is 0.0697. The minimum absolute atomic E-state index is 0.124. The standard InChI is InChI=1S/C17H11N3O3/c21-17(22)12-7-3-2-6-11(12)15-19-20-16(23-15)14-9-10-5-1-4-8-13(10)18-14/h1-9,18H,(H,21,22). The average molecular weight is 305 g/mol. The fourth-order valence-corrected chi connectivity index (χ4v) is 2.49. The Bertz CT molecular complexity index is 984. The number of aromatic nitrogens is 3. The Morgan fingerprint density at radius 1 is 1.00 bits per heavy atom. The molecule has 4 rings (SSSR count). The smallest absolute Gasteiger partial charge is 0.336 e. The maximum atomic E-state index is 11.3. The lowest BCUT2D eigenvalue weighted by Crippen LogP contribution is -1.98. The number of H-pyrrole nitrogens is 1. The predicted molar refractivity (Wildman–Crippen MR) is 84.0 cm³/mol. The molecule has 0 amide bonds. The Labute approximate surface area is 130 Å². The number of fused-ring (bicyclic) bond motifs is 1. The van der Waals surface area contributed by atoms with Crippen LogP contribution in [0.2, 0.25) is 0 Å². The molecule has 0 aliphatic heterocycles. The maximum Gasteiger partial charge on any atom is 0.336 e. The molecule has 0 atom stereocenters. The van der Waals surface area contributed by atoms with Gasteiger partial charge in [-0.3, -0.25) is 0 Å². The molecule has 0 bridgehead atoms. The van der Waals surface area contributed by atoms with E-state index in [2.05, 4.69) is 15.2 Å². The summed E-state index contributed by atoms with van der Waals surface area (Å²) in [6.45, 7) is 0. The fourth-order valence-electron chi connectivity index (χ4n) is 2.49. The van der Waals surface area contributed by atoms with Crippen LogP contribution in [-0.4, -0.2) is 26.3 Å². The number of aromatic amines is 1. The third-order valence-electron chi connectivity index (χ3n) is 3.57. The van der Waals surface area contributed by atoms with Gasteiger partial charge in [0.05, 0.1) is 11.1 Å². The molecule has 0 aliphatic carbocycles. The lowest BCUT2D eigenvalue weighted by atomic mass is 10.1. The van der Waals surface area contributed by atoms with Gasteiger partial charge in [-0.2, -0.15) is 0 Å². The van der Waals surface area contributed by atoms with Gasteiger partial charge in [0.2, 0.25) is 5.89 Å². The van der Waals surface area contributed by atoms with Crippen LogP contribution >= 0.6 is 0 Å². The second-order valence-electron chi connectivity index (χ2n) is 5.03. The molecule has 6 heteroatoms. The summed E-state index contributed by atoms with van der Waals surface area (Å²) >= 11 is 0. The van der Waals surface area contributed by atoms with Gasteiger partial charge >= 0.3 is 5.97 Å². The summed E-state index contributed by atoms with van der Waals surface area (Å²) in [5.74, 6) is -0.543. The zero-order valence-electron chi connectivity index (χ0n) is 11.9. The zero-order valence-corrected chi connectivity index (χ0v) is 11.9. The van der Waals surface area contributed by atoms with Gasteiger partial charge in [0.15, 0.2) is 0 Å². The number of carboxylic acid groups (broad SMARTS) is 1. The Morgan fingerprint density at radius 2 is 1.74 bits per heavy atom. The summed E-state index contributed by atoms with van der Waals surface area (Å²) in [5.41, 5.74) is 2.18. The largest absolute Gasteiger partial charge is 0.478 e. The van der Waals surface area contributed by atoms with Crippen molar-refractivity contribution in [2.75, 3.05) is 0 Å². The van der Waals surface area contributed by atoms with Crippen molar-refractivity contribution in [3.05, 3.63) is 60.2 Å². The van der Waals surface area contributed by atoms with Crippen LogP contribution in [0.1, 0.15) is 10.4 Å². The van der Waals surface area contributed by atoms with Gasteiger partial charge in [0.1, 0.15) is 5.69 Å². The van der Waals surface area contributed by atoms with Gasteiger partial charge in [0, 0.05) is 10.9 Å². The quantitative estimate of drug-likeness (QED) is 0.603. The number of nitrogens with zero attached hydrogens (tertiary/aromatic N) is 2. The molecule has 2 N–H and O–H groups in total. The Kier molecular flexibility index (Phi) is 2.94. The van der Waals surface area contributed by atoms with Crippen molar-refractivity contribution in [1.29, 1.82) is 0 Å². The molecular formula is C17H11N3O3. The summed E-state index contributed by atoms with van der Waals surface area (Å²) in [5, 5.41) is 18.3. The van der Waals surface area contributed by atoms with Crippen LogP contribution in [0, 0.1) is 0 Å². The molecule has 0 unspecified atom stereocenters. The predicted octanol–water partition coefficient (Wildman–Crippen LogP) is 3.58. The van der Waals surface area contributed by atoms with Crippen molar-refractivity contribution in [2.24, 2.45) is 0 Å². The minimum Gasteiger partial charge on any atom is -0.478 e. The molecule has 2 aromatic heterocycles. The summed E-state index contributed by atoms with van der Waals surface area (Å²) in [4.78, 5) is 14.5. The Balaban J connectivity index is 1.79. The van der Waals surface area contributed by atoms with Crippen LogP contribution in [0.25, 0.3) is 33.9 Å². The van der Waals surface area contributed by atoms with Gasteiger partial charge in [0.25, 0.3) is 5.89 Å². The van der Waals surface area contributed by atoms with E-state index in [9.17, 15) is 9.90 Å². The van der Waals surface area contributed by atoms with E-state index < -0.39 is 5.97 Å². The molecule has 0 aliphatic rings. The highest BCUT2D eigenvalue weighted by molar-refractivity contribution is 5.94. The SMILES string of the molecule is O=C(O)c1ccccc1-c1nnc(-c2cc3ccccc3[nH]2)o1. The number of rotatable bonds is 3. The number of nitrogens with one attached hydrogen (secondary N) is 1. The van der Waals surface area contributed by atoms with E-state index in [0.29, 0.717) is 17.1 Å². The van der Waals surface area contributed by atoms with Crippen LogP contribution in [-0.2, 0) is 0 Å². The second-order valence-corrected chi connectivity index (χ2v) is 5.03. The molecular weight excluding hydrogens is 294 g/mol. The van der Waals surface area contributed by atoms with Crippen LogP contribution in [0.5, 0.6) is 0 Å². The molecule has 0 fully saturated rings. The first kappa shape index (κ1) is 13.3. The molecule has 0 saturated heterocycles. The van der Waals surface area contributed by atoms with Crippen LogP contribution in [0.15, 0.2) is 59.0 Å². The van der Waals surface area contributed by atoms with Crippen molar-refractivity contribution in [3.8, 4) is 23.0 Å². The van der Waals surface area contributed by atoms with E-state index >= 15 is 0 Å². The summed E-state index contributed by atoms with van der Waals surface area (Å²) in [6.07, 6.45) is 0. The number of hydrogen-bond acceptors (Lipinski definition) is 4. The number of carbonyl (C=O) groups is 1. The monoisotopic (exact) mass is 305 g/mol. The molecule has 0 radical (unpaired) electrons. The highest BCUT2D eigenvalue weighted by atomic mass is 16.4. The van der Waals surface area contributed by atoms with Crippen molar-refractivity contribution >= 4 is 16.9 Å². The first-order valence-corrected chi connectivity index (χ1v) is 6.97. The van der Waals surface area contributed by atoms with Crippen molar-refractivity contribution in [3.63, 3.8) is 0 Å². The molecule has 6 nitrogen and oxygen atoms in total. The number of aromatic carboxylic acids is 1. The zero-order chi connectivity index (χ0) is 15.8. The highest BCUT2D eigenvalue weighted by Crippen LogP contribution is 2.28. The number of carboxylic acids is 1. The highest BCUT2D eigenvalue weighted by Gasteiger charge is 2.17. The van der Waals surface area contributed by atoms with E-state index in [1.54, 1.807) is 18.2 Å². The van der Waals surface area contributed by atoms with Crippen molar-refractivity contribution in [2.45, 2.75) is 0 Å². The Hall–Kier alpha value is -3.41. The molecule has 0 saturated carbocycles. The second kappa shape index (κ2) is 5.10. The third kappa shape index (κ3) is 2.26. The summed E-state index contributed by atoms with van der Waals surface area (Å²) < 4.78 is 5.66. The molecule has 112 valence electrons. The maximum absolute atomic E-state index is 11.3. The number of para-hydroxylation sites is 1. The number of benzene rings is 2.